The number of carbonyl (C=O) groups is 4. The smallest absolute Gasteiger partial charge is 0.353 e. The fourth-order valence-corrected chi connectivity index (χ4v) is 7.70. The number of amides is 3. The van der Waals surface area contributed by atoms with Crippen LogP contribution < -0.4 is 16.4 Å². The molecule has 0 unspecified atom stereocenters. The van der Waals surface area contributed by atoms with Crippen LogP contribution in [-0.2, 0) is 25.7 Å². The van der Waals surface area contributed by atoms with Gasteiger partial charge in [-0.05, 0) is 36.6 Å². The van der Waals surface area contributed by atoms with Gasteiger partial charge in [-0.25, -0.2) is 9.48 Å². The lowest BCUT2D eigenvalue weighted by Gasteiger charge is -2.47. The molecule has 3 saturated heterocycles. The molecule has 3 amide bonds. The Morgan fingerprint density at radius 2 is 2.16 bits per heavy atom. The highest BCUT2D eigenvalue weighted by Gasteiger charge is 2.60. The van der Waals surface area contributed by atoms with Crippen molar-refractivity contribution in [2.75, 3.05) is 19.6 Å². The predicted molar refractivity (Wildman–Crippen MR) is 135 cm³/mol. The summed E-state index contributed by atoms with van der Waals surface area (Å²) in [4.78, 5) is 54.8. The van der Waals surface area contributed by atoms with Crippen LogP contribution in [0.2, 0.25) is 0 Å². The van der Waals surface area contributed by atoms with E-state index in [0.717, 1.165) is 12.8 Å². The molecule has 0 aliphatic carbocycles. The minimum absolute atomic E-state index is 0.00431. The number of carbonyl (C=O) groups excluding carboxylic acids is 3. The van der Waals surface area contributed by atoms with E-state index in [0.29, 0.717) is 31.0 Å². The van der Waals surface area contributed by atoms with Crippen LogP contribution in [0.25, 0.3) is 0 Å². The molecule has 14 nitrogen and oxygen atoms in total. The number of likely N-dealkylation sites (tertiary alicyclic amines) is 1. The Bertz CT molecular complexity index is 1140. The van der Waals surface area contributed by atoms with Gasteiger partial charge in [-0.15, -0.1) is 16.9 Å². The van der Waals surface area contributed by atoms with Gasteiger partial charge in [0.2, 0.25) is 17.7 Å². The maximum absolute atomic E-state index is 13.1. The van der Waals surface area contributed by atoms with Crippen LogP contribution in [0, 0.1) is 11.8 Å². The van der Waals surface area contributed by atoms with Gasteiger partial charge in [-0.3, -0.25) is 14.4 Å². The SMILES string of the molecule is C[C@@H](NC(=O)Cn1cnnn1)[C@H]1C(=O)N2C(C(=O)O)=C(S[C@@H]3CN[C@H](C(=O)N4CCC[C@H]4CN)C3)[C@H](C)[C@H]12. The van der Waals surface area contributed by atoms with Crippen molar-refractivity contribution < 1.29 is 24.3 Å². The molecule has 5 rings (SSSR count). The molecule has 4 aliphatic heterocycles. The number of nitrogens with zero attached hydrogens (tertiary/aromatic N) is 6. The molecule has 0 aromatic carbocycles. The van der Waals surface area contributed by atoms with Gasteiger partial charge in [0.1, 0.15) is 18.6 Å². The summed E-state index contributed by atoms with van der Waals surface area (Å²) in [5.41, 5.74) is 5.86. The number of nitrogens with one attached hydrogen (secondary N) is 2. The lowest BCUT2D eigenvalue weighted by molar-refractivity contribution is -0.158. The molecule has 0 bridgehead atoms. The second-order valence-electron chi connectivity index (χ2n) is 10.4. The van der Waals surface area contributed by atoms with E-state index >= 15 is 0 Å². The average molecular weight is 548 g/mol. The fraction of sp³-hybridized carbons (Fsp3) is 0.696. The summed E-state index contributed by atoms with van der Waals surface area (Å²) in [5.74, 6) is -2.52. The number of β-lactam (4-membered cyclic amide) rings is 1. The van der Waals surface area contributed by atoms with Crippen molar-refractivity contribution in [3.05, 3.63) is 16.9 Å². The molecule has 1 aromatic heterocycles. The van der Waals surface area contributed by atoms with Crippen molar-refractivity contribution in [1.82, 2.24) is 40.6 Å². The highest BCUT2D eigenvalue weighted by atomic mass is 32.2. The van der Waals surface area contributed by atoms with Crippen molar-refractivity contribution in [3.8, 4) is 0 Å². The molecular formula is C23H33N9O5S. The number of hydrogen-bond acceptors (Lipinski definition) is 10. The van der Waals surface area contributed by atoms with E-state index in [1.807, 2.05) is 11.8 Å². The van der Waals surface area contributed by atoms with Gasteiger partial charge in [0.15, 0.2) is 0 Å². The summed E-state index contributed by atoms with van der Waals surface area (Å²) < 4.78 is 1.28. The van der Waals surface area contributed by atoms with Crippen LogP contribution in [0.15, 0.2) is 16.9 Å². The van der Waals surface area contributed by atoms with Gasteiger partial charge >= 0.3 is 5.97 Å². The minimum Gasteiger partial charge on any atom is -0.477 e. The van der Waals surface area contributed by atoms with Crippen molar-refractivity contribution in [1.29, 1.82) is 0 Å². The number of aliphatic carboxylic acids is 1. The number of fused-ring (bicyclic) bond motifs is 1. The number of carboxylic acid groups (broad SMARTS) is 1. The Labute approximate surface area is 223 Å². The molecule has 1 aromatic rings. The molecule has 38 heavy (non-hydrogen) atoms. The van der Waals surface area contributed by atoms with Gasteiger partial charge in [-0.2, -0.15) is 0 Å². The molecule has 0 spiro atoms. The number of nitrogens with two attached hydrogens (primary N) is 1. The topological polar surface area (TPSA) is 189 Å². The van der Waals surface area contributed by atoms with E-state index in [9.17, 15) is 24.3 Å². The summed E-state index contributed by atoms with van der Waals surface area (Å²) in [6, 6.07) is -1.11. The van der Waals surface area contributed by atoms with Crippen LogP contribution in [-0.4, -0.2) is 108 Å². The lowest BCUT2D eigenvalue weighted by Crippen LogP contribution is -2.66. The third kappa shape index (κ3) is 4.66. The summed E-state index contributed by atoms with van der Waals surface area (Å²) in [6.45, 7) is 5.32. The van der Waals surface area contributed by atoms with Crippen molar-refractivity contribution in [2.24, 2.45) is 17.6 Å². The van der Waals surface area contributed by atoms with Crippen molar-refractivity contribution in [3.63, 3.8) is 0 Å². The van der Waals surface area contributed by atoms with Crippen LogP contribution in [0.3, 0.4) is 0 Å². The van der Waals surface area contributed by atoms with E-state index < -0.39 is 17.9 Å². The second kappa shape index (κ2) is 10.6. The molecule has 206 valence electrons. The van der Waals surface area contributed by atoms with Crippen LogP contribution in [0.4, 0.5) is 0 Å². The van der Waals surface area contributed by atoms with Gasteiger partial charge in [-0.1, -0.05) is 6.92 Å². The van der Waals surface area contributed by atoms with Crippen LogP contribution >= 0.6 is 11.8 Å². The first-order valence-electron chi connectivity index (χ1n) is 12.9. The fourth-order valence-electron chi connectivity index (χ4n) is 6.22. The molecule has 5 heterocycles. The first-order valence-corrected chi connectivity index (χ1v) is 13.8. The predicted octanol–water partition coefficient (Wildman–Crippen LogP) is -1.64. The Morgan fingerprint density at radius 3 is 2.84 bits per heavy atom. The van der Waals surface area contributed by atoms with E-state index in [4.69, 9.17) is 5.73 Å². The third-order valence-electron chi connectivity index (χ3n) is 8.03. The highest BCUT2D eigenvalue weighted by molar-refractivity contribution is 8.03. The third-order valence-corrected chi connectivity index (χ3v) is 9.54. The van der Waals surface area contributed by atoms with Gasteiger partial charge in [0.05, 0.1) is 18.0 Å². The Hall–Kier alpha value is -3.04. The normalized spacial score (nSPS) is 31.4. The molecule has 15 heteroatoms. The zero-order valence-corrected chi connectivity index (χ0v) is 22.1. The number of aromatic nitrogens is 4. The number of rotatable bonds is 9. The zero-order chi connectivity index (χ0) is 27.1. The van der Waals surface area contributed by atoms with Crippen LogP contribution in [0.5, 0.6) is 0 Å². The van der Waals surface area contributed by atoms with Gasteiger partial charge in [0, 0.05) is 47.8 Å². The van der Waals surface area contributed by atoms with Gasteiger partial charge in [0.25, 0.3) is 0 Å². The summed E-state index contributed by atoms with van der Waals surface area (Å²) in [6.07, 6.45) is 3.77. The molecule has 3 fully saturated rings. The standard InChI is InChI=1S/C23H33N9O5S/c1-11-18-17(12(2)27-16(33)9-30-10-26-28-29-30)22(35)32(18)19(23(36)37)20(11)38-14-6-15(25-8-14)21(34)31-5-3-4-13(31)7-24/h10-15,17-18,25H,3-9,24H2,1-2H3,(H,27,33)(H,36,37)/t11-,12-,13+,14+,15+,17-,18-/m1/s1. The van der Waals surface area contributed by atoms with E-state index in [1.54, 1.807) is 6.92 Å². The molecule has 0 saturated carbocycles. The summed E-state index contributed by atoms with van der Waals surface area (Å²) in [5, 5.41) is 26.8. The molecule has 0 radical (unpaired) electrons. The monoisotopic (exact) mass is 547 g/mol. The van der Waals surface area contributed by atoms with Crippen molar-refractivity contribution in [2.45, 2.75) is 69.1 Å². The Kier molecular flexibility index (Phi) is 7.42. The van der Waals surface area contributed by atoms with E-state index in [-0.39, 0.29) is 59.3 Å². The number of carboxylic acids is 1. The summed E-state index contributed by atoms with van der Waals surface area (Å²) >= 11 is 1.44. The first-order chi connectivity index (χ1) is 18.2. The number of tetrazole rings is 1. The molecule has 7 atom stereocenters. The second-order valence-corrected chi connectivity index (χ2v) is 11.7. The average Bonchev–Trinajstić information content (AvgIpc) is 3.66. The zero-order valence-electron chi connectivity index (χ0n) is 21.3. The molecule has 5 N–H and O–H groups in total. The number of thioether (sulfide) groups is 1. The largest absolute Gasteiger partial charge is 0.477 e. The Morgan fingerprint density at radius 1 is 1.37 bits per heavy atom. The first kappa shape index (κ1) is 26.6. The summed E-state index contributed by atoms with van der Waals surface area (Å²) in [7, 11) is 0. The quantitative estimate of drug-likeness (QED) is 0.260. The van der Waals surface area contributed by atoms with Crippen LogP contribution in [0.1, 0.15) is 33.1 Å². The lowest BCUT2D eigenvalue weighted by atomic mass is 9.78. The minimum atomic E-state index is -1.15. The van der Waals surface area contributed by atoms with Gasteiger partial charge < -0.3 is 31.3 Å². The van der Waals surface area contributed by atoms with E-state index in [2.05, 4.69) is 26.2 Å². The maximum Gasteiger partial charge on any atom is 0.353 e. The number of hydrogen-bond donors (Lipinski definition) is 4. The van der Waals surface area contributed by atoms with E-state index in [1.165, 1.54) is 27.7 Å². The maximum atomic E-state index is 13.1. The molecule has 4 aliphatic rings. The molecular weight excluding hydrogens is 514 g/mol. The van der Waals surface area contributed by atoms with Crippen molar-refractivity contribution >= 4 is 35.5 Å². The highest BCUT2D eigenvalue weighted by Crippen LogP contribution is 2.51. The Balaban J connectivity index is 1.24.